The molecule has 1 heterocycles. The number of ether oxygens (including phenoxy) is 1. The van der Waals surface area contributed by atoms with Crippen molar-refractivity contribution in [1.82, 2.24) is 0 Å². The fraction of sp³-hybridized carbons (Fsp3) is 0.455. The van der Waals surface area contributed by atoms with Gasteiger partial charge >= 0.3 is 0 Å². The maximum atomic E-state index is 6.43. The van der Waals surface area contributed by atoms with E-state index in [1.807, 2.05) is 18.2 Å². The minimum Gasteiger partial charge on any atom is -0.483 e. The molecule has 2 rings (SSSR count). The first-order chi connectivity index (χ1) is 6.50. The maximum Gasteiger partial charge on any atom is 0.140 e. The molecule has 0 aromatic heterocycles. The number of para-hydroxylation sites is 1. The van der Waals surface area contributed by atoms with E-state index < -0.39 is 7.27 Å². The maximum absolute atomic E-state index is 6.43. The van der Waals surface area contributed by atoms with E-state index in [0.717, 1.165) is 5.75 Å². The topological polar surface area (TPSA) is 9.23 Å². The summed E-state index contributed by atoms with van der Waals surface area (Å²) in [6.07, 6.45) is 0. The minimum absolute atomic E-state index is 0.104. The predicted molar refractivity (Wildman–Crippen MR) is 62.7 cm³/mol. The van der Waals surface area contributed by atoms with E-state index in [4.69, 9.17) is 16.0 Å². The van der Waals surface area contributed by atoms with Gasteiger partial charge in [-0.15, -0.1) is 0 Å². The van der Waals surface area contributed by atoms with E-state index in [-0.39, 0.29) is 11.3 Å². The Labute approximate surface area is 91.0 Å². The van der Waals surface area contributed by atoms with Crippen LogP contribution in [0.5, 0.6) is 5.75 Å². The van der Waals surface area contributed by atoms with Crippen LogP contribution in [-0.4, -0.2) is 5.85 Å². The lowest BCUT2D eigenvalue weighted by molar-refractivity contribution is 0.169. The van der Waals surface area contributed by atoms with Crippen molar-refractivity contribution in [3.05, 3.63) is 24.3 Å². The zero-order chi connectivity index (χ0) is 10.3. The van der Waals surface area contributed by atoms with Crippen LogP contribution in [0.2, 0.25) is 0 Å². The van der Waals surface area contributed by atoms with E-state index in [1.165, 1.54) is 5.30 Å². The predicted octanol–water partition coefficient (Wildman–Crippen LogP) is 3.71. The molecule has 0 amide bonds. The molecule has 0 saturated carbocycles. The summed E-state index contributed by atoms with van der Waals surface area (Å²) in [6.45, 7) is 6.50. The van der Waals surface area contributed by atoms with E-state index in [2.05, 4.69) is 26.8 Å². The summed E-state index contributed by atoms with van der Waals surface area (Å²) in [6, 6.07) is 8.08. The largest absolute Gasteiger partial charge is 0.483 e. The van der Waals surface area contributed by atoms with Gasteiger partial charge in [0.1, 0.15) is 11.6 Å². The van der Waals surface area contributed by atoms with Crippen LogP contribution in [0.3, 0.4) is 0 Å². The van der Waals surface area contributed by atoms with Crippen molar-refractivity contribution in [3.8, 4) is 5.75 Å². The molecule has 0 bridgehead atoms. The molecule has 3 heteroatoms. The van der Waals surface area contributed by atoms with E-state index in [9.17, 15) is 0 Å². The first kappa shape index (κ1) is 10.3. The number of rotatable bonds is 0. The number of fused-ring (bicyclic) bond motifs is 1. The van der Waals surface area contributed by atoms with Gasteiger partial charge in [0, 0.05) is 10.7 Å². The van der Waals surface area contributed by atoms with Gasteiger partial charge in [0.25, 0.3) is 0 Å². The van der Waals surface area contributed by atoms with Gasteiger partial charge in [-0.05, 0) is 12.1 Å². The number of halogens is 1. The smallest absolute Gasteiger partial charge is 0.140 e. The second kappa shape index (κ2) is 3.40. The van der Waals surface area contributed by atoms with Gasteiger partial charge in [-0.2, -0.15) is 0 Å². The molecule has 1 aliphatic rings. The van der Waals surface area contributed by atoms with Crippen LogP contribution in [0.25, 0.3) is 0 Å². The number of benzene rings is 1. The van der Waals surface area contributed by atoms with Crippen LogP contribution >= 0.6 is 18.5 Å². The summed E-state index contributed by atoms with van der Waals surface area (Å²) >= 11 is 6.43. The van der Waals surface area contributed by atoms with Crippen molar-refractivity contribution in [2.75, 3.05) is 0 Å². The molecule has 14 heavy (non-hydrogen) atoms. The van der Waals surface area contributed by atoms with Crippen molar-refractivity contribution >= 4 is 23.8 Å². The van der Waals surface area contributed by atoms with Crippen molar-refractivity contribution in [2.45, 2.75) is 26.6 Å². The highest BCUT2D eigenvalue weighted by Gasteiger charge is 2.40. The average Bonchev–Trinajstić information content (AvgIpc) is 2.44. The SMILES string of the molecule is CC(C)(C)C1Oc2ccccc2P1Cl. The van der Waals surface area contributed by atoms with Crippen LogP contribution < -0.4 is 10.0 Å². The second-order valence-corrected chi connectivity index (χ2v) is 7.28. The Morgan fingerprint density at radius 3 is 2.50 bits per heavy atom. The third kappa shape index (κ3) is 1.64. The minimum atomic E-state index is -0.682. The summed E-state index contributed by atoms with van der Waals surface area (Å²) in [5, 5.41) is 1.18. The molecule has 1 aliphatic heterocycles. The number of hydrogen-bond donors (Lipinski definition) is 0. The molecule has 0 N–H and O–H groups in total. The monoisotopic (exact) mass is 228 g/mol. The van der Waals surface area contributed by atoms with Gasteiger partial charge in [-0.1, -0.05) is 44.1 Å². The van der Waals surface area contributed by atoms with Crippen molar-refractivity contribution < 1.29 is 4.74 Å². The zero-order valence-corrected chi connectivity index (χ0v) is 10.3. The van der Waals surface area contributed by atoms with Gasteiger partial charge in [-0.3, -0.25) is 0 Å². The molecule has 1 nitrogen and oxygen atoms in total. The summed E-state index contributed by atoms with van der Waals surface area (Å²) in [4.78, 5) is 0. The highest BCUT2D eigenvalue weighted by atomic mass is 35.7. The van der Waals surface area contributed by atoms with Crippen LogP contribution in [0.1, 0.15) is 20.8 Å². The van der Waals surface area contributed by atoms with E-state index in [1.54, 1.807) is 0 Å². The normalized spacial score (nSPS) is 25.7. The molecular weight excluding hydrogens is 215 g/mol. The molecule has 1 aromatic carbocycles. The van der Waals surface area contributed by atoms with Crippen molar-refractivity contribution in [1.29, 1.82) is 0 Å². The van der Waals surface area contributed by atoms with Gasteiger partial charge < -0.3 is 4.74 Å². The summed E-state index contributed by atoms with van der Waals surface area (Å²) in [5.41, 5.74) is 0.104. The first-order valence-electron chi connectivity index (χ1n) is 4.71. The Bertz CT molecular complexity index is 345. The summed E-state index contributed by atoms with van der Waals surface area (Å²) in [7, 11) is -0.682. The van der Waals surface area contributed by atoms with E-state index in [0.29, 0.717) is 0 Å². The standard InChI is InChI=1S/C11H14ClOP/c1-11(2,3)10-13-8-6-4-5-7-9(8)14(10)12/h4-7,10H,1-3H3. The zero-order valence-electron chi connectivity index (χ0n) is 8.62. The van der Waals surface area contributed by atoms with Crippen LogP contribution in [0.15, 0.2) is 24.3 Å². The lowest BCUT2D eigenvalue weighted by atomic mass is 9.98. The molecule has 0 aliphatic carbocycles. The molecule has 2 atom stereocenters. The summed E-state index contributed by atoms with van der Waals surface area (Å²) < 4.78 is 5.88. The Balaban J connectivity index is 2.35. The number of hydrogen-bond acceptors (Lipinski definition) is 1. The van der Waals surface area contributed by atoms with E-state index >= 15 is 0 Å². The molecule has 2 unspecified atom stereocenters. The Morgan fingerprint density at radius 2 is 1.93 bits per heavy atom. The Kier molecular flexibility index (Phi) is 2.49. The van der Waals surface area contributed by atoms with Crippen LogP contribution in [-0.2, 0) is 0 Å². The molecular formula is C11H14ClOP. The van der Waals surface area contributed by atoms with Crippen molar-refractivity contribution in [2.24, 2.45) is 5.41 Å². The lowest BCUT2D eigenvalue weighted by Gasteiger charge is -2.28. The Hall–Kier alpha value is -0.260. The van der Waals surface area contributed by atoms with Crippen molar-refractivity contribution in [3.63, 3.8) is 0 Å². The highest BCUT2D eigenvalue weighted by Crippen LogP contribution is 2.58. The van der Waals surface area contributed by atoms with Crippen LogP contribution in [0, 0.1) is 5.41 Å². The van der Waals surface area contributed by atoms with Gasteiger partial charge in [0.2, 0.25) is 0 Å². The van der Waals surface area contributed by atoms with Gasteiger partial charge in [0.05, 0.1) is 7.27 Å². The molecule has 1 aromatic rings. The first-order valence-corrected chi connectivity index (χ1v) is 7.02. The van der Waals surface area contributed by atoms with Gasteiger partial charge in [-0.25, -0.2) is 0 Å². The second-order valence-electron chi connectivity index (χ2n) is 4.62. The fourth-order valence-corrected chi connectivity index (χ4v) is 4.66. The third-order valence-corrected chi connectivity index (χ3v) is 5.48. The molecule has 0 fully saturated rings. The molecule has 0 spiro atoms. The molecule has 0 saturated heterocycles. The van der Waals surface area contributed by atoms with Gasteiger partial charge in [0.15, 0.2) is 0 Å². The fourth-order valence-electron chi connectivity index (χ4n) is 1.54. The highest BCUT2D eigenvalue weighted by molar-refractivity contribution is 7.90. The Morgan fingerprint density at radius 1 is 1.29 bits per heavy atom. The lowest BCUT2D eigenvalue weighted by Crippen LogP contribution is -2.26. The molecule has 76 valence electrons. The average molecular weight is 229 g/mol. The molecule has 0 radical (unpaired) electrons. The third-order valence-electron chi connectivity index (χ3n) is 2.28. The van der Waals surface area contributed by atoms with Crippen LogP contribution in [0.4, 0.5) is 0 Å². The quantitative estimate of drug-likeness (QED) is 0.615. The summed E-state index contributed by atoms with van der Waals surface area (Å²) in [5.74, 6) is 1.10.